The van der Waals surface area contributed by atoms with Gasteiger partial charge >= 0.3 is 5.97 Å². The molecule has 31 heavy (non-hydrogen) atoms. The lowest BCUT2D eigenvalue weighted by Gasteiger charge is -2.51. The van der Waals surface area contributed by atoms with Crippen LogP contribution in [0.5, 0.6) is 0 Å². The Morgan fingerprint density at radius 3 is 2.68 bits per heavy atom. The van der Waals surface area contributed by atoms with Gasteiger partial charge in [-0.3, -0.25) is 14.4 Å². The summed E-state index contributed by atoms with van der Waals surface area (Å²) in [6.07, 6.45) is 10.9. The zero-order valence-electron chi connectivity index (χ0n) is 19.3. The lowest BCUT2D eigenvalue weighted by molar-refractivity contribution is -0.150. The second-order valence-electron chi connectivity index (χ2n) is 11.0. The molecular formula is C27H34O4. The van der Waals surface area contributed by atoms with Crippen molar-refractivity contribution in [1.82, 2.24) is 0 Å². The number of carbonyl (C=O) groups excluding carboxylic acids is 3. The van der Waals surface area contributed by atoms with Crippen molar-refractivity contribution in [3.63, 3.8) is 0 Å². The topological polar surface area (TPSA) is 60.4 Å². The molecule has 2 saturated carbocycles. The van der Waals surface area contributed by atoms with Gasteiger partial charge in [-0.1, -0.05) is 44.1 Å². The van der Waals surface area contributed by atoms with Crippen molar-refractivity contribution in [2.24, 2.45) is 22.2 Å². The van der Waals surface area contributed by atoms with Crippen molar-refractivity contribution < 1.29 is 19.1 Å². The third-order valence-electron chi connectivity index (χ3n) is 9.48. The van der Waals surface area contributed by atoms with Crippen LogP contribution in [0.3, 0.4) is 0 Å². The third kappa shape index (κ3) is 2.63. The molecule has 0 aromatic carbocycles. The summed E-state index contributed by atoms with van der Waals surface area (Å²) in [5.74, 6) is -0.116. The molecule has 0 aromatic rings. The maximum Gasteiger partial charge on any atom is 0.317 e. The first-order valence-electron chi connectivity index (χ1n) is 12.1. The molecule has 5 atom stereocenters. The van der Waals surface area contributed by atoms with Gasteiger partial charge in [-0.15, -0.1) is 0 Å². The Balaban J connectivity index is 1.66. The summed E-state index contributed by atoms with van der Waals surface area (Å²) in [6, 6.07) is 0. The smallest absolute Gasteiger partial charge is 0.317 e. The van der Waals surface area contributed by atoms with Gasteiger partial charge in [0.2, 0.25) is 0 Å². The van der Waals surface area contributed by atoms with Crippen LogP contribution < -0.4 is 0 Å². The van der Waals surface area contributed by atoms with Gasteiger partial charge in [0.05, 0.1) is 11.5 Å². The monoisotopic (exact) mass is 422 g/mol. The Labute approximate surface area is 185 Å². The van der Waals surface area contributed by atoms with Gasteiger partial charge < -0.3 is 4.74 Å². The van der Waals surface area contributed by atoms with E-state index in [0.29, 0.717) is 25.0 Å². The molecule has 2 unspecified atom stereocenters. The van der Waals surface area contributed by atoms with Crippen LogP contribution in [0.1, 0.15) is 85.5 Å². The number of fused-ring (bicyclic) bond motifs is 3. The number of rotatable bonds is 3. The molecule has 1 spiro atoms. The second-order valence-corrected chi connectivity index (χ2v) is 11.0. The van der Waals surface area contributed by atoms with Crippen molar-refractivity contribution in [1.29, 1.82) is 0 Å². The Kier molecular flexibility index (Phi) is 4.56. The third-order valence-corrected chi connectivity index (χ3v) is 9.48. The fourth-order valence-electron chi connectivity index (χ4n) is 7.32. The number of Topliss-reactive ketones (excluding diaryl/α,β-unsaturated/α-hetero) is 2. The van der Waals surface area contributed by atoms with Crippen LogP contribution in [0.2, 0.25) is 0 Å². The summed E-state index contributed by atoms with van der Waals surface area (Å²) in [7, 11) is 0. The van der Waals surface area contributed by atoms with Gasteiger partial charge in [-0.2, -0.15) is 0 Å². The van der Waals surface area contributed by atoms with Gasteiger partial charge in [-0.25, -0.2) is 0 Å². The van der Waals surface area contributed by atoms with Crippen LogP contribution >= 0.6 is 0 Å². The van der Waals surface area contributed by atoms with Crippen LogP contribution in [0, 0.1) is 22.2 Å². The molecule has 4 nitrogen and oxygen atoms in total. The Hall–Kier alpha value is -1.97. The van der Waals surface area contributed by atoms with E-state index in [2.05, 4.69) is 19.9 Å². The zero-order chi connectivity index (χ0) is 22.2. The maximum absolute atomic E-state index is 13.4. The summed E-state index contributed by atoms with van der Waals surface area (Å²) in [4.78, 5) is 39.1. The summed E-state index contributed by atoms with van der Waals surface area (Å²) >= 11 is 0. The van der Waals surface area contributed by atoms with Gasteiger partial charge in [0.1, 0.15) is 17.5 Å². The van der Waals surface area contributed by atoms with Crippen LogP contribution in [-0.2, 0) is 19.1 Å². The zero-order valence-corrected chi connectivity index (χ0v) is 19.3. The standard InChI is InChI=1S/C27H34O4/c1-5-16(2)31-24(30)19-15-17-14-18(28)6-12-26(17,4)20-8-13-27-21(23(19)20)7-10-25(27,3)11-9-22(27)29/h7,15-16,19H,5-6,8-14H2,1-4H3/t16?,19-,25+,26?,27-/m1/s1. The molecule has 0 saturated heterocycles. The van der Waals surface area contributed by atoms with Crippen LogP contribution in [0.25, 0.3) is 0 Å². The quantitative estimate of drug-likeness (QED) is 0.450. The van der Waals surface area contributed by atoms with Crippen LogP contribution in [0.15, 0.2) is 34.4 Å². The first kappa shape index (κ1) is 20.9. The minimum atomic E-state index is -0.503. The minimum Gasteiger partial charge on any atom is -0.462 e. The van der Waals surface area contributed by atoms with Crippen LogP contribution in [-0.4, -0.2) is 23.6 Å². The summed E-state index contributed by atoms with van der Waals surface area (Å²) in [6.45, 7) is 8.45. The van der Waals surface area contributed by atoms with Crippen molar-refractivity contribution in [2.75, 3.05) is 0 Å². The van der Waals surface area contributed by atoms with Crippen molar-refractivity contribution in [3.8, 4) is 0 Å². The molecule has 0 amide bonds. The van der Waals surface area contributed by atoms with Crippen LogP contribution in [0.4, 0.5) is 0 Å². The highest BCUT2D eigenvalue weighted by molar-refractivity contribution is 5.96. The summed E-state index contributed by atoms with van der Waals surface area (Å²) in [5.41, 5.74) is 3.92. The fraction of sp³-hybridized carbons (Fsp3) is 0.667. The van der Waals surface area contributed by atoms with E-state index in [4.69, 9.17) is 4.74 Å². The van der Waals surface area contributed by atoms with E-state index in [1.165, 1.54) is 5.57 Å². The van der Waals surface area contributed by atoms with Crippen molar-refractivity contribution in [3.05, 3.63) is 34.4 Å². The molecule has 5 aliphatic rings. The SMILES string of the molecule is CCC(C)OC(=O)[C@@H]1C=C2CC(=O)CCC2(C)C2=C1C1=CC[C@@]3(C)CCC(=O)[C@@]13CC2. The average Bonchev–Trinajstić information content (AvgIpc) is 3.18. The lowest BCUT2D eigenvalue weighted by atomic mass is 9.51. The molecule has 5 aliphatic carbocycles. The Morgan fingerprint density at radius 2 is 1.94 bits per heavy atom. The normalized spacial score (nSPS) is 39.8. The largest absolute Gasteiger partial charge is 0.462 e. The Bertz CT molecular complexity index is 981. The highest BCUT2D eigenvalue weighted by Crippen LogP contribution is 2.70. The Morgan fingerprint density at radius 1 is 1.16 bits per heavy atom. The number of carbonyl (C=O) groups is 3. The van der Waals surface area contributed by atoms with E-state index >= 15 is 0 Å². The number of allylic oxidation sites excluding steroid dienone is 4. The molecule has 166 valence electrons. The molecule has 2 fully saturated rings. The van der Waals surface area contributed by atoms with Gasteiger partial charge in [0, 0.05) is 24.7 Å². The molecule has 0 aromatic heterocycles. The predicted octanol–water partition coefficient (Wildman–Crippen LogP) is 5.42. The molecule has 0 aliphatic heterocycles. The summed E-state index contributed by atoms with van der Waals surface area (Å²) in [5, 5.41) is 0. The molecule has 0 heterocycles. The fourth-order valence-corrected chi connectivity index (χ4v) is 7.32. The molecule has 5 rings (SSSR count). The van der Waals surface area contributed by atoms with Crippen molar-refractivity contribution >= 4 is 17.5 Å². The van der Waals surface area contributed by atoms with E-state index < -0.39 is 11.3 Å². The summed E-state index contributed by atoms with van der Waals surface area (Å²) < 4.78 is 5.82. The molecule has 4 heteroatoms. The number of esters is 1. The van der Waals surface area contributed by atoms with Gasteiger partial charge in [0.25, 0.3) is 0 Å². The first-order valence-corrected chi connectivity index (χ1v) is 12.1. The molecule has 0 bridgehead atoms. The molecular weight excluding hydrogens is 388 g/mol. The maximum atomic E-state index is 13.4. The predicted molar refractivity (Wildman–Crippen MR) is 118 cm³/mol. The molecule has 0 N–H and O–H groups in total. The number of hydrogen-bond donors (Lipinski definition) is 0. The highest BCUT2D eigenvalue weighted by atomic mass is 16.5. The number of ether oxygens (including phenoxy) is 1. The van der Waals surface area contributed by atoms with Gasteiger partial charge in [0.15, 0.2) is 0 Å². The minimum absolute atomic E-state index is 0.0312. The lowest BCUT2D eigenvalue weighted by Crippen LogP contribution is -2.46. The first-order chi connectivity index (χ1) is 14.7. The number of hydrogen-bond acceptors (Lipinski definition) is 4. The average molecular weight is 423 g/mol. The second kappa shape index (κ2) is 6.76. The van der Waals surface area contributed by atoms with E-state index in [9.17, 15) is 14.4 Å². The van der Waals surface area contributed by atoms with E-state index in [1.807, 2.05) is 19.9 Å². The van der Waals surface area contributed by atoms with E-state index in [1.54, 1.807) is 0 Å². The van der Waals surface area contributed by atoms with Crippen molar-refractivity contribution in [2.45, 2.75) is 91.6 Å². The van der Waals surface area contributed by atoms with E-state index in [0.717, 1.165) is 55.2 Å². The van der Waals surface area contributed by atoms with E-state index in [-0.39, 0.29) is 28.7 Å². The number of ketones is 2. The molecule has 0 radical (unpaired) electrons. The highest BCUT2D eigenvalue weighted by Gasteiger charge is 2.65. The van der Waals surface area contributed by atoms with Gasteiger partial charge in [-0.05, 0) is 62.0 Å².